The Balaban J connectivity index is 2.68. The first-order valence-corrected chi connectivity index (χ1v) is 5.48. The van der Waals surface area contributed by atoms with Crippen molar-refractivity contribution >= 4 is 23.5 Å². The number of hydrogen-bond acceptors (Lipinski definition) is 4. The van der Waals surface area contributed by atoms with Crippen LogP contribution in [0, 0.1) is 0 Å². The predicted molar refractivity (Wildman–Crippen MR) is 65.2 cm³/mol. The van der Waals surface area contributed by atoms with Crippen LogP contribution in [0.3, 0.4) is 0 Å². The first-order valence-electron chi connectivity index (χ1n) is 5.48. The summed E-state index contributed by atoms with van der Waals surface area (Å²) in [6.45, 7) is 0. The van der Waals surface area contributed by atoms with Gasteiger partial charge in [-0.2, -0.15) is 0 Å². The minimum Gasteiger partial charge on any atom is -0.508 e. The zero-order valence-electron chi connectivity index (χ0n) is 9.92. The number of aromatic carboxylic acids is 1. The summed E-state index contributed by atoms with van der Waals surface area (Å²) in [6, 6.07) is 3.54. The molecule has 0 aliphatic carbocycles. The number of nitrogens with one attached hydrogen (secondary N) is 1. The first-order chi connectivity index (χ1) is 8.90. The quantitative estimate of drug-likeness (QED) is 0.575. The topological polar surface area (TPSA) is 124 Å². The van der Waals surface area contributed by atoms with Crippen LogP contribution >= 0.6 is 0 Å². The number of anilines is 1. The summed E-state index contributed by atoms with van der Waals surface area (Å²) in [7, 11) is 0. The number of rotatable bonds is 6. The number of aliphatic carboxylic acids is 1. The first kappa shape index (κ1) is 14.5. The monoisotopic (exact) mass is 267 g/mol. The Morgan fingerprint density at radius 1 is 1.11 bits per heavy atom. The van der Waals surface area contributed by atoms with Gasteiger partial charge in [0.2, 0.25) is 5.91 Å². The fourth-order valence-corrected chi connectivity index (χ4v) is 1.43. The van der Waals surface area contributed by atoms with Gasteiger partial charge in [-0.15, -0.1) is 0 Å². The second-order valence-corrected chi connectivity index (χ2v) is 3.83. The van der Waals surface area contributed by atoms with E-state index in [9.17, 15) is 19.5 Å². The van der Waals surface area contributed by atoms with E-state index in [2.05, 4.69) is 5.32 Å². The Bertz CT molecular complexity index is 511. The zero-order valence-corrected chi connectivity index (χ0v) is 9.92. The molecule has 0 saturated heterocycles. The van der Waals surface area contributed by atoms with Crippen molar-refractivity contribution < 1.29 is 29.7 Å². The van der Waals surface area contributed by atoms with Gasteiger partial charge < -0.3 is 20.6 Å². The van der Waals surface area contributed by atoms with Crippen LogP contribution in [0.5, 0.6) is 5.75 Å². The Hall–Kier alpha value is -2.57. The van der Waals surface area contributed by atoms with Crippen molar-refractivity contribution in [3.63, 3.8) is 0 Å². The third kappa shape index (κ3) is 4.66. The van der Waals surface area contributed by atoms with Crippen molar-refractivity contribution in [2.45, 2.75) is 19.3 Å². The summed E-state index contributed by atoms with van der Waals surface area (Å²) in [4.78, 5) is 32.7. The van der Waals surface area contributed by atoms with Gasteiger partial charge in [0.1, 0.15) is 5.75 Å². The Labute approximate surface area is 108 Å². The molecule has 0 aromatic heterocycles. The second kappa shape index (κ2) is 6.39. The molecule has 1 aromatic carbocycles. The standard InChI is InChI=1S/C12H13NO6/c14-7-4-5-9(8(6-7)12(18)19)13-10(15)2-1-3-11(16)17/h4-6,14H,1-3H2,(H,13,15)(H,16,17)(H,18,19). The van der Waals surface area contributed by atoms with Crippen LogP contribution in [0.1, 0.15) is 29.6 Å². The highest BCUT2D eigenvalue weighted by molar-refractivity contribution is 6.00. The van der Waals surface area contributed by atoms with Gasteiger partial charge in [0.05, 0.1) is 11.3 Å². The van der Waals surface area contributed by atoms with Crippen molar-refractivity contribution in [1.29, 1.82) is 0 Å². The van der Waals surface area contributed by atoms with Gasteiger partial charge in [-0.05, 0) is 24.6 Å². The molecule has 7 heteroatoms. The Morgan fingerprint density at radius 3 is 2.37 bits per heavy atom. The molecule has 0 aliphatic heterocycles. The largest absolute Gasteiger partial charge is 0.508 e. The molecule has 0 atom stereocenters. The number of amides is 1. The highest BCUT2D eigenvalue weighted by atomic mass is 16.4. The van der Waals surface area contributed by atoms with Crippen molar-refractivity contribution in [3.05, 3.63) is 23.8 Å². The summed E-state index contributed by atoms with van der Waals surface area (Å²) in [5, 5.41) is 28.9. The third-order valence-corrected chi connectivity index (χ3v) is 2.30. The molecule has 0 fully saturated rings. The molecule has 1 amide bonds. The molecule has 1 aromatic rings. The van der Waals surface area contributed by atoms with E-state index in [0.717, 1.165) is 6.07 Å². The number of hydrogen-bond donors (Lipinski definition) is 4. The van der Waals surface area contributed by atoms with Gasteiger partial charge in [-0.25, -0.2) is 4.79 Å². The van der Waals surface area contributed by atoms with Crippen molar-refractivity contribution in [2.24, 2.45) is 0 Å². The fraction of sp³-hybridized carbons (Fsp3) is 0.250. The van der Waals surface area contributed by atoms with Gasteiger partial charge in [0.15, 0.2) is 0 Å². The highest BCUT2D eigenvalue weighted by Crippen LogP contribution is 2.21. The molecule has 0 saturated carbocycles. The number of carbonyl (C=O) groups excluding carboxylic acids is 1. The number of carboxylic acid groups (broad SMARTS) is 2. The third-order valence-electron chi connectivity index (χ3n) is 2.30. The minimum atomic E-state index is -1.28. The molecule has 102 valence electrons. The SMILES string of the molecule is O=C(O)CCCC(=O)Nc1ccc(O)cc1C(=O)O. The summed E-state index contributed by atoms with van der Waals surface area (Å²) in [6.07, 6.45) is 0.0165. The molecule has 1 rings (SSSR count). The molecular weight excluding hydrogens is 254 g/mol. The number of aromatic hydroxyl groups is 1. The van der Waals surface area contributed by atoms with E-state index in [1.54, 1.807) is 0 Å². The molecule has 19 heavy (non-hydrogen) atoms. The number of phenols is 1. The lowest BCUT2D eigenvalue weighted by Gasteiger charge is -2.08. The fourth-order valence-electron chi connectivity index (χ4n) is 1.43. The van der Waals surface area contributed by atoms with E-state index in [1.807, 2.05) is 0 Å². The summed E-state index contributed by atoms with van der Waals surface area (Å²) in [5.41, 5.74) is -0.169. The van der Waals surface area contributed by atoms with Crippen molar-refractivity contribution in [2.75, 3.05) is 5.32 Å². The van der Waals surface area contributed by atoms with Crippen LogP contribution in [0.15, 0.2) is 18.2 Å². The normalized spacial score (nSPS) is 9.89. The Morgan fingerprint density at radius 2 is 1.79 bits per heavy atom. The van der Waals surface area contributed by atoms with Gasteiger partial charge in [0.25, 0.3) is 0 Å². The van der Waals surface area contributed by atoms with Gasteiger partial charge in [-0.1, -0.05) is 0 Å². The van der Waals surface area contributed by atoms with Crippen LogP contribution in [0.2, 0.25) is 0 Å². The van der Waals surface area contributed by atoms with Gasteiger partial charge >= 0.3 is 11.9 Å². The minimum absolute atomic E-state index is 0.0216. The molecule has 4 N–H and O–H groups in total. The van der Waals surface area contributed by atoms with Crippen LogP contribution in [0.25, 0.3) is 0 Å². The van der Waals surface area contributed by atoms with E-state index in [4.69, 9.17) is 10.2 Å². The smallest absolute Gasteiger partial charge is 0.337 e. The summed E-state index contributed by atoms with van der Waals surface area (Å²) < 4.78 is 0. The Kier molecular flexibility index (Phi) is 4.87. The molecule has 0 bridgehead atoms. The average Bonchev–Trinajstić information content (AvgIpc) is 2.30. The highest BCUT2D eigenvalue weighted by Gasteiger charge is 2.13. The maximum atomic E-state index is 11.5. The molecule has 0 spiro atoms. The van der Waals surface area contributed by atoms with Crippen LogP contribution in [0.4, 0.5) is 5.69 Å². The second-order valence-electron chi connectivity index (χ2n) is 3.83. The van der Waals surface area contributed by atoms with Gasteiger partial charge in [-0.3, -0.25) is 9.59 Å². The lowest BCUT2D eigenvalue weighted by Crippen LogP contribution is -2.14. The van der Waals surface area contributed by atoms with Gasteiger partial charge in [0, 0.05) is 12.8 Å². The lowest BCUT2D eigenvalue weighted by atomic mass is 10.1. The summed E-state index contributed by atoms with van der Waals surface area (Å²) >= 11 is 0. The number of carboxylic acids is 2. The van der Waals surface area contributed by atoms with Crippen LogP contribution in [-0.4, -0.2) is 33.2 Å². The van der Waals surface area contributed by atoms with Crippen LogP contribution < -0.4 is 5.32 Å². The van der Waals surface area contributed by atoms with E-state index in [0.29, 0.717) is 0 Å². The molecular formula is C12H13NO6. The maximum absolute atomic E-state index is 11.5. The van der Waals surface area contributed by atoms with Crippen LogP contribution in [-0.2, 0) is 9.59 Å². The predicted octanol–water partition coefficient (Wildman–Crippen LogP) is 1.28. The molecule has 0 heterocycles. The molecule has 0 aliphatic rings. The zero-order chi connectivity index (χ0) is 14.4. The number of benzene rings is 1. The van der Waals surface area contributed by atoms with E-state index in [1.165, 1.54) is 12.1 Å². The average molecular weight is 267 g/mol. The molecule has 0 unspecified atom stereocenters. The van der Waals surface area contributed by atoms with E-state index < -0.39 is 17.8 Å². The lowest BCUT2D eigenvalue weighted by molar-refractivity contribution is -0.137. The van der Waals surface area contributed by atoms with E-state index >= 15 is 0 Å². The van der Waals surface area contributed by atoms with E-state index in [-0.39, 0.29) is 36.3 Å². The molecule has 0 radical (unpaired) electrons. The number of carbonyl (C=O) groups is 3. The number of phenolic OH excluding ortho intramolecular Hbond substituents is 1. The maximum Gasteiger partial charge on any atom is 0.337 e. The summed E-state index contributed by atoms with van der Waals surface area (Å²) in [5.74, 6) is -2.98. The van der Waals surface area contributed by atoms with Crippen molar-refractivity contribution in [1.82, 2.24) is 0 Å². The molecule has 7 nitrogen and oxygen atoms in total. The van der Waals surface area contributed by atoms with Crippen molar-refractivity contribution in [3.8, 4) is 5.75 Å².